The molecule has 2 aromatic heterocycles. The second kappa shape index (κ2) is 7.33. The molecule has 0 spiro atoms. The van der Waals surface area contributed by atoms with E-state index in [1.165, 1.54) is 11.6 Å². The molecule has 4 aromatic rings. The number of anilines is 1. The van der Waals surface area contributed by atoms with Crippen molar-refractivity contribution in [2.75, 3.05) is 5.73 Å². The van der Waals surface area contributed by atoms with Gasteiger partial charge in [0.25, 0.3) is 11.1 Å². The van der Waals surface area contributed by atoms with Crippen LogP contribution in [0.1, 0.15) is 0 Å². The minimum absolute atomic E-state index is 0. The Morgan fingerprint density at radius 2 is 1.28 bits per heavy atom. The molecule has 0 aliphatic carbocycles. The van der Waals surface area contributed by atoms with Gasteiger partial charge in [0, 0.05) is 7.05 Å². The van der Waals surface area contributed by atoms with Gasteiger partial charge >= 0.3 is 5.69 Å². The molecular formula is C20H17ClN4O4. The summed E-state index contributed by atoms with van der Waals surface area (Å²) in [7, 11) is 1.39. The summed E-state index contributed by atoms with van der Waals surface area (Å²) >= 11 is 0. The van der Waals surface area contributed by atoms with Gasteiger partial charge in [0.2, 0.25) is 0 Å². The molecule has 0 bridgehead atoms. The average molecular weight is 413 g/mol. The third-order valence-electron chi connectivity index (χ3n) is 4.61. The van der Waals surface area contributed by atoms with Crippen LogP contribution < -0.4 is 22.5 Å². The van der Waals surface area contributed by atoms with Gasteiger partial charge in [-0.15, -0.1) is 12.4 Å². The van der Waals surface area contributed by atoms with Crippen molar-refractivity contribution >= 4 is 29.1 Å². The first-order chi connectivity index (χ1) is 13.4. The summed E-state index contributed by atoms with van der Waals surface area (Å²) in [5.41, 5.74) is 3.84. The van der Waals surface area contributed by atoms with Crippen molar-refractivity contribution in [1.82, 2.24) is 13.7 Å². The highest BCUT2D eigenvalue weighted by molar-refractivity contribution is 5.88. The topological polar surface area (TPSA) is 112 Å². The molecule has 9 heteroatoms. The van der Waals surface area contributed by atoms with Crippen molar-refractivity contribution in [2.45, 2.75) is 0 Å². The van der Waals surface area contributed by atoms with E-state index in [9.17, 15) is 19.5 Å². The molecule has 2 aromatic carbocycles. The second-order valence-corrected chi connectivity index (χ2v) is 6.25. The van der Waals surface area contributed by atoms with Gasteiger partial charge in [0.1, 0.15) is 16.7 Å². The van der Waals surface area contributed by atoms with Crippen molar-refractivity contribution < 1.29 is 5.11 Å². The van der Waals surface area contributed by atoms with Crippen LogP contribution in [0.15, 0.2) is 75.0 Å². The minimum atomic E-state index is -0.766. The molecule has 3 N–H and O–H groups in total. The Balaban J connectivity index is 0.00000240. The summed E-state index contributed by atoms with van der Waals surface area (Å²) in [6.07, 6.45) is 0. The summed E-state index contributed by atoms with van der Waals surface area (Å²) in [6.45, 7) is 0. The Kier molecular flexibility index (Phi) is 5.04. The van der Waals surface area contributed by atoms with Crippen LogP contribution in [0.5, 0.6) is 5.75 Å². The molecule has 0 fully saturated rings. The molecule has 2 heterocycles. The van der Waals surface area contributed by atoms with Crippen LogP contribution in [0.2, 0.25) is 0 Å². The summed E-state index contributed by atoms with van der Waals surface area (Å²) < 4.78 is 3.25. The summed E-state index contributed by atoms with van der Waals surface area (Å²) in [4.78, 5) is 39.0. The number of aromatic hydroxyl groups is 1. The van der Waals surface area contributed by atoms with E-state index >= 15 is 0 Å². The minimum Gasteiger partial charge on any atom is -0.505 e. The highest BCUT2D eigenvalue weighted by Crippen LogP contribution is 2.25. The fourth-order valence-corrected chi connectivity index (χ4v) is 3.25. The first kappa shape index (κ1) is 20.0. The van der Waals surface area contributed by atoms with Gasteiger partial charge in [-0.1, -0.05) is 36.4 Å². The lowest BCUT2D eigenvalue weighted by Crippen LogP contribution is -2.40. The zero-order chi connectivity index (χ0) is 20.0. The first-order valence-electron chi connectivity index (χ1n) is 8.43. The van der Waals surface area contributed by atoms with Crippen LogP contribution in [0.4, 0.5) is 5.69 Å². The molecular weight excluding hydrogens is 396 g/mol. The number of aromatic nitrogens is 3. The van der Waals surface area contributed by atoms with Crippen molar-refractivity contribution in [3.05, 3.63) is 91.9 Å². The quantitative estimate of drug-likeness (QED) is 0.518. The van der Waals surface area contributed by atoms with Crippen LogP contribution in [-0.4, -0.2) is 18.8 Å². The Bertz CT molecular complexity index is 1390. The number of rotatable bonds is 2. The predicted molar refractivity (Wildman–Crippen MR) is 114 cm³/mol. The SMILES string of the molecule is Cl.Cn1c(=O)c(N)c(O)c2c(=O)n(-c3ccccc3)c(=O)n(-c3ccccc3)c21. The maximum atomic E-state index is 13.4. The molecule has 4 rings (SSSR count). The lowest BCUT2D eigenvalue weighted by atomic mass is 10.2. The maximum absolute atomic E-state index is 13.4. The lowest BCUT2D eigenvalue weighted by molar-refractivity contribution is 0.481. The highest BCUT2D eigenvalue weighted by Gasteiger charge is 2.23. The number of fused-ring (bicyclic) bond motifs is 1. The molecule has 0 saturated carbocycles. The smallest absolute Gasteiger partial charge is 0.341 e. The zero-order valence-electron chi connectivity index (χ0n) is 15.3. The van der Waals surface area contributed by atoms with E-state index in [0.29, 0.717) is 11.4 Å². The molecule has 0 saturated heterocycles. The molecule has 0 radical (unpaired) electrons. The molecule has 0 aliphatic heterocycles. The number of pyridine rings is 1. The maximum Gasteiger partial charge on any atom is 0.341 e. The summed E-state index contributed by atoms with van der Waals surface area (Å²) in [5, 5.41) is 10.3. The van der Waals surface area contributed by atoms with Crippen LogP contribution in [-0.2, 0) is 7.05 Å². The van der Waals surface area contributed by atoms with Crippen molar-refractivity contribution in [2.24, 2.45) is 7.05 Å². The predicted octanol–water partition coefficient (Wildman–Crippen LogP) is 1.55. The first-order valence-corrected chi connectivity index (χ1v) is 8.43. The van der Waals surface area contributed by atoms with Crippen molar-refractivity contribution in [3.8, 4) is 17.1 Å². The molecule has 0 amide bonds. The largest absolute Gasteiger partial charge is 0.505 e. The van der Waals surface area contributed by atoms with Crippen LogP contribution >= 0.6 is 12.4 Å². The number of para-hydroxylation sites is 2. The number of hydrogen-bond donors (Lipinski definition) is 2. The average Bonchev–Trinajstić information content (AvgIpc) is 2.72. The number of nitrogen functional groups attached to an aromatic ring is 1. The van der Waals surface area contributed by atoms with Gasteiger partial charge in [-0.05, 0) is 24.3 Å². The number of nitrogens with zero attached hydrogens (tertiary/aromatic N) is 3. The molecule has 8 nitrogen and oxygen atoms in total. The van der Waals surface area contributed by atoms with Gasteiger partial charge in [-0.25, -0.2) is 13.9 Å². The zero-order valence-corrected chi connectivity index (χ0v) is 16.1. The van der Waals surface area contributed by atoms with E-state index in [1.807, 2.05) is 0 Å². The van der Waals surface area contributed by atoms with Crippen LogP contribution in [0.25, 0.3) is 22.4 Å². The third-order valence-corrected chi connectivity index (χ3v) is 4.61. The standard InChI is InChI=1S/C20H16N4O4.ClH/c1-22-17-14(16(25)15(21)19(22)27)18(26)24(13-10-6-3-7-11-13)20(28)23(17)12-8-4-2-5-9-12;/h2-11,25H,21H2,1H3;1H. The number of nitrogens with two attached hydrogens (primary N) is 1. The molecule has 29 heavy (non-hydrogen) atoms. The van der Waals surface area contributed by atoms with Crippen molar-refractivity contribution in [1.29, 1.82) is 0 Å². The normalized spacial score (nSPS) is 10.7. The summed E-state index contributed by atoms with van der Waals surface area (Å²) in [5.74, 6) is -0.641. The number of aryl methyl sites for hydroxylation is 1. The monoisotopic (exact) mass is 412 g/mol. The van der Waals surface area contributed by atoms with E-state index in [4.69, 9.17) is 5.73 Å². The van der Waals surface area contributed by atoms with Gasteiger partial charge in [0.05, 0.1) is 11.4 Å². The fourth-order valence-electron chi connectivity index (χ4n) is 3.25. The molecule has 0 aliphatic rings. The Morgan fingerprint density at radius 3 is 1.79 bits per heavy atom. The van der Waals surface area contributed by atoms with Gasteiger partial charge in [-0.2, -0.15) is 0 Å². The molecule has 0 unspecified atom stereocenters. The third kappa shape index (κ3) is 2.90. The fraction of sp³-hybridized carbons (Fsp3) is 0.0500. The van der Waals surface area contributed by atoms with Gasteiger partial charge < -0.3 is 10.8 Å². The van der Waals surface area contributed by atoms with Crippen molar-refractivity contribution in [3.63, 3.8) is 0 Å². The highest BCUT2D eigenvalue weighted by atomic mass is 35.5. The Hall–Kier alpha value is -3.78. The van der Waals surface area contributed by atoms with Crippen LogP contribution in [0.3, 0.4) is 0 Å². The van der Waals surface area contributed by atoms with E-state index in [1.54, 1.807) is 60.7 Å². The number of benzene rings is 2. The number of hydrogen-bond acceptors (Lipinski definition) is 5. The van der Waals surface area contributed by atoms with E-state index in [2.05, 4.69) is 0 Å². The Labute approximate surface area is 170 Å². The van der Waals surface area contributed by atoms with Crippen LogP contribution in [0, 0.1) is 0 Å². The lowest BCUT2D eigenvalue weighted by Gasteiger charge is -2.17. The molecule has 148 valence electrons. The van der Waals surface area contributed by atoms with E-state index in [0.717, 1.165) is 9.13 Å². The van der Waals surface area contributed by atoms with E-state index < -0.39 is 28.2 Å². The van der Waals surface area contributed by atoms with Gasteiger partial charge in [0.15, 0.2) is 5.75 Å². The van der Waals surface area contributed by atoms with Gasteiger partial charge in [-0.3, -0.25) is 14.2 Å². The Morgan fingerprint density at radius 1 is 0.793 bits per heavy atom. The summed E-state index contributed by atoms with van der Waals surface area (Å²) in [6, 6.07) is 16.9. The molecule has 0 atom stereocenters. The number of halogens is 1. The van der Waals surface area contributed by atoms with E-state index in [-0.39, 0.29) is 23.4 Å². The second-order valence-electron chi connectivity index (χ2n) is 6.25.